The van der Waals surface area contributed by atoms with Crippen LogP contribution in [-0.4, -0.2) is 25.2 Å². The number of carbonyl (C=O) groups is 2. The highest BCUT2D eigenvalue weighted by atomic mass is 32.3. The Kier molecular flexibility index (Phi) is 2.66. The van der Waals surface area contributed by atoms with Crippen LogP contribution in [-0.2, 0) is 19.8 Å². The maximum atomic E-state index is 12.6. The summed E-state index contributed by atoms with van der Waals surface area (Å²) in [5, 5.41) is 0. The summed E-state index contributed by atoms with van der Waals surface area (Å²) in [5.74, 6) is -0.804. The van der Waals surface area contributed by atoms with Gasteiger partial charge in [0.15, 0.2) is 0 Å². The zero-order valence-electron chi connectivity index (χ0n) is 8.46. The molecule has 2 rings (SSSR count). The molecule has 0 radical (unpaired) electrons. The van der Waals surface area contributed by atoms with Crippen LogP contribution in [0.15, 0.2) is 23.2 Å². The van der Waals surface area contributed by atoms with Gasteiger partial charge in [0.2, 0.25) is 11.8 Å². The highest BCUT2D eigenvalue weighted by Gasteiger charge is 2.31. The standard InChI is InChI=1S/C9H7FN2O4S/c10-17(15,16)6-1-2-7(11-5-6)12-8(13)3-4-9(12)14/h1-2,5H,3-4H2. The maximum absolute atomic E-state index is 12.6. The lowest BCUT2D eigenvalue weighted by atomic mass is 10.4. The molecule has 0 unspecified atom stereocenters. The van der Waals surface area contributed by atoms with E-state index in [-0.39, 0.29) is 18.7 Å². The van der Waals surface area contributed by atoms with Gasteiger partial charge in [0.1, 0.15) is 10.7 Å². The molecule has 1 saturated heterocycles. The minimum absolute atomic E-state index is 0.00454. The molecule has 0 aromatic carbocycles. The minimum Gasteiger partial charge on any atom is -0.274 e. The van der Waals surface area contributed by atoms with Crippen molar-refractivity contribution in [2.45, 2.75) is 17.7 Å². The van der Waals surface area contributed by atoms with Crippen LogP contribution < -0.4 is 4.90 Å². The van der Waals surface area contributed by atoms with E-state index in [1.54, 1.807) is 0 Å². The van der Waals surface area contributed by atoms with Crippen LogP contribution in [0.2, 0.25) is 0 Å². The number of aromatic nitrogens is 1. The molecule has 0 aliphatic carbocycles. The summed E-state index contributed by atoms with van der Waals surface area (Å²) in [6, 6.07) is 2.07. The first kappa shape index (κ1) is 11.6. The third kappa shape index (κ3) is 2.16. The Hall–Kier alpha value is -1.83. The Bertz CT molecular complexity index is 566. The van der Waals surface area contributed by atoms with Crippen LogP contribution in [0.25, 0.3) is 0 Å². The van der Waals surface area contributed by atoms with Crippen molar-refractivity contribution in [2.75, 3.05) is 4.90 Å². The van der Waals surface area contributed by atoms with Crippen LogP contribution in [0.1, 0.15) is 12.8 Å². The fourth-order valence-corrected chi connectivity index (χ4v) is 1.89. The Balaban J connectivity index is 2.36. The molecule has 2 heterocycles. The molecule has 1 fully saturated rings. The fraction of sp³-hybridized carbons (Fsp3) is 0.222. The summed E-state index contributed by atoms with van der Waals surface area (Å²) in [6.07, 6.45) is 0.969. The van der Waals surface area contributed by atoms with E-state index in [2.05, 4.69) is 4.98 Å². The summed E-state index contributed by atoms with van der Waals surface area (Å²) in [4.78, 5) is 26.5. The van der Waals surface area contributed by atoms with Gasteiger partial charge in [0.25, 0.3) is 0 Å². The smallest absolute Gasteiger partial charge is 0.274 e. The van der Waals surface area contributed by atoms with E-state index in [9.17, 15) is 21.9 Å². The molecular weight excluding hydrogens is 251 g/mol. The van der Waals surface area contributed by atoms with Crippen LogP contribution in [0.4, 0.5) is 9.70 Å². The van der Waals surface area contributed by atoms with Crippen LogP contribution in [0.5, 0.6) is 0 Å². The summed E-state index contributed by atoms with van der Waals surface area (Å²) in [7, 11) is -4.82. The SMILES string of the molecule is O=C1CCC(=O)N1c1ccc(S(=O)(=O)F)cn1. The molecule has 1 aliphatic rings. The van der Waals surface area contributed by atoms with Crippen molar-refractivity contribution < 1.29 is 21.9 Å². The lowest BCUT2D eigenvalue weighted by Crippen LogP contribution is -2.29. The number of imide groups is 1. The van der Waals surface area contributed by atoms with E-state index in [1.807, 2.05) is 0 Å². The van der Waals surface area contributed by atoms with Gasteiger partial charge in [-0.1, -0.05) is 0 Å². The van der Waals surface area contributed by atoms with Gasteiger partial charge in [-0.15, -0.1) is 3.89 Å². The minimum atomic E-state index is -4.82. The molecule has 8 heteroatoms. The average molecular weight is 258 g/mol. The van der Waals surface area contributed by atoms with Gasteiger partial charge in [0.05, 0.1) is 6.20 Å². The van der Waals surface area contributed by atoms with Gasteiger partial charge in [-0.25, -0.2) is 9.88 Å². The van der Waals surface area contributed by atoms with Crippen molar-refractivity contribution >= 4 is 27.9 Å². The van der Waals surface area contributed by atoms with Crippen molar-refractivity contribution in [3.63, 3.8) is 0 Å². The van der Waals surface area contributed by atoms with Crippen molar-refractivity contribution in [3.8, 4) is 0 Å². The molecule has 0 N–H and O–H groups in total. The summed E-state index contributed by atoms with van der Waals surface area (Å²) >= 11 is 0. The first-order valence-corrected chi connectivity index (χ1v) is 6.04. The predicted octanol–water partition coefficient (Wildman–Crippen LogP) is 0.393. The second-order valence-electron chi connectivity index (χ2n) is 3.41. The Morgan fingerprint density at radius 1 is 1.18 bits per heavy atom. The third-order valence-electron chi connectivity index (χ3n) is 2.28. The Morgan fingerprint density at radius 2 is 1.76 bits per heavy atom. The summed E-state index contributed by atoms with van der Waals surface area (Å²) in [6.45, 7) is 0. The number of halogens is 1. The molecular formula is C9H7FN2O4S. The highest BCUT2D eigenvalue weighted by Crippen LogP contribution is 2.21. The van der Waals surface area contributed by atoms with Crippen molar-refractivity contribution in [1.29, 1.82) is 0 Å². The van der Waals surface area contributed by atoms with E-state index >= 15 is 0 Å². The van der Waals surface area contributed by atoms with E-state index < -0.39 is 26.9 Å². The zero-order valence-corrected chi connectivity index (χ0v) is 9.28. The molecule has 0 bridgehead atoms. The topological polar surface area (TPSA) is 84.4 Å². The van der Waals surface area contributed by atoms with Crippen molar-refractivity contribution in [1.82, 2.24) is 4.98 Å². The number of amides is 2. The van der Waals surface area contributed by atoms with Gasteiger partial charge in [-0.3, -0.25) is 9.59 Å². The molecule has 17 heavy (non-hydrogen) atoms. The van der Waals surface area contributed by atoms with Gasteiger partial charge >= 0.3 is 10.2 Å². The molecule has 1 aromatic heterocycles. The van der Waals surface area contributed by atoms with E-state index in [0.717, 1.165) is 23.2 Å². The molecule has 0 atom stereocenters. The molecule has 1 aliphatic heterocycles. The van der Waals surface area contributed by atoms with E-state index in [0.29, 0.717) is 0 Å². The maximum Gasteiger partial charge on any atom is 0.333 e. The fourth-order valence-electron chi connectivity index (χ4n) is 1.48. The lowest BCUT2D eigenvalue weighted by Gasteiger charge is -2.11. The molecule has 6 nitrogen and oxygen atoms in total. The van der Waals surface area contributed by atoms with Crippen molar-refractivity contribution in [2.24, 2.45) is 0 Å². The number of nitrogens with zero attached hydrogens (tertiary/aromatic N) is 2. The second kappa shape index (κ2) is 3.88. The van der Waals surface area contributed by atoms with Gasteiger partial charge in [-0.2, -0.15) is 8.42 Å². The first-order chi connectivity index (χ1) is 7.89. The zero-order chi connectivity index (χ0) is 12.6. The Morgan fingerprint density at radius 3 is 2.18 bits per heavy atom. The third-order valence-corrected chi connectivity index (χ3v) is 3.09. The van der Waals surface area contributed by atoms with Gasteiger partial charge in [0, 0.05) is 12.8 Å². The number of hydrogen-bond donors (Lipinski definition) is 0. The largest absolute Gasteiger partial charge is 0.333 e. The number of anilines is 1. The number of pyridine rings is 1. The average Bonchev–Trinajstić information content (AvgIpc) is 2.58. The van der Waals surface area contributed by atoms with Crippen molar-refractivity contribution in [3.05, 3.63) is 18.3 Å². The van der Waals surface area contributed by atoms with Crippen LogP contribution >= 0.6 is 0 Å². The quantitative estimate of drug-likeness (QED) is 0.566. The highest BCUT2D eigenvalue weighted by molar-refractivity contribution is 7.86. The number of hydrogen-bond acceptors (Lipinski definition) is 5. The molecule has 90 valence electrons. The van der Waals surface area contributed by atoms with Gasteiger partial charge in [-0.05, 0) is 12.1 Å². The first-order valence-electron chi connectivity index (χ1n) is 4.66. The second-order valence-corrected chi connectivity index (χ2v) is 4.76. The van der Waals surface area contributed by atoms with Gasteiger partial charge < -0.3 is 0 Å². The normalized spacial score (nSPS) is 16.6. The van der Waals surface area contributed by atoms with E-state index in [4.69, 9.17) is 0 Å². The molecule has 2 amide bonds. The molecule has 0 spiro atoms. The number of rotatable bonds is 2. The summed E-state index contributed by atoms with van der Waals surface area (Å²) in [5.41, 5.74) is 0. The van der Waals surface area contributed by atoms with E-state index in [1.165, 1.54) is 0 Å². The summed E-state index contributed by atoms with van der Waals surface area (Å²) < 4.78 is 33.6. The Labute approximate surface area is 96.3 Å². The van der Waals surface area contributed by atoms with Crippen LogP contribution in [0.3, 0.4) is 0 Å². The number of carbonyl (C=O) groups excluding carboxylic acids is 2. The molecule has 1 aromatic rings. The van der Waals surface area contributed by atoms with Crippen LogP contribution in [0, 0.1) is 0 Å². The monoisotopic (exact) mass is 258 g/mol. The predicted molar refractivity (Wildman–Crippen MR) is 54.3 cm³/mol. The lowest BCUT2D eigenvalue weighted by molar-refractivity contribution is -0.121. The molecule has 0 saturated carbocycles.